The first kappa shape index (κ1) is 19.7. The number of aromatic nitrogens is 3. The third-order valence-corrected chi connectivity index (χ3v) is 5.42. The van der Waals surface area contributed by atoms with Crippen molar-refractivity contribution in [2.24, 2.45) is 7.05 Å². The van der Waals surface area contributed by atoms with Gasteiger partial charge in [-0.05, 0) is 23.8 Å². The van der Waals surface area contributed by atoms with Crippen molar-refractivity contribution in [3.8, 4) is 0 Å². The Morgan fingerprint density at radius 3 is 2.52 bits per heavy atom. The Balaban J connectivity index is 1.52. The molecule has 0 bridgehead atoms. The highest BCUT2D eigenvalue weighted by atomic mass is 35.5. The number of halogens is 2. The van der Waals surface area contributed by atoms with Gasteiger partial charge in [-0.3, -0.25) is 4.79 Å². The van der Waals surface area contributed by atoms with Gasteiger partial charge in [0.15, 0.2) is 5.16 Å². The molecule has 5 nitrogen and oxygen atoms in total. The first-order valence-corrected chi connectivity index (χ1v) is 10.1. The van der Waals surface area contributed by atoms with Gasteiger partial charge in [0.2, 0.25) is 0 Å². The SMILES string of the molecule is Cn1c(CCNC(=O)c2cc(Cl)cc(Cl)c2)nnc1SCc1ccccc1. The number of amides is 1. The summed E-state index contributed by atoms with van der Waals surface area (Å²) in [6.45, 7) is 0.443. The minimum atomic E-state index is -0.222. The highest BCUT2D eigenvalue weighted by Gasteiger charge is 2.11. The maximum Gasteiger partial charge on any atom is 0.251 e. The van der Waals surface area contributed by atoms with Crippen LogP contribution >= 0.6 is 35.0 Å². The standard InChI is InChI=1S/C19H18Cl2N4OS/c1-25-17(23-24-19(25)27-12-13-5-3-2-4-6-13)7-8-22-18(26)14-9-15(20)11-16(21)10-14/h2-6,9-11H,7-8,12H2,1H3,(H,22,26). The molecular formula is C19H18Cl2N4OS. The van der Waals surface area contributed by atoms with Crippen LogP contribution in [0, 0.1) is 0 Å². The van der Waals surface area contributed by atoms with E-state index in [9.17, 15) is 4.79 Å². The molecule has 0 saturated carbocycles. The second kappa shape index (κ2) is 9.26. The Labute approximate surface area is 172 Å². The van der Waals surface area contributed by atoms with Gasteiger partial charge in [-0.1, -0.05) is 65.3 Å². The molecule has 1 aromatic heterocycles. The zero-order chi connectivity index (χ0) is 19.2. The molecule has 140 valence electrons. The fourth-order valence-electron chi connectivity index (χ4n) is 2.49. The van der Waals surface area contributed by atoms with E-state index < -0.39 is 0 Å². The minimum Gasteiger partial charge on any atom is -0.352 e. The van der Waals surface area contributed by atoms with E-state index in [2.05, 4.69) is 27.6 Å². The van der Waals surface area contributed by atoms with E-state index in [0.717, 1.165) is 16.7 Å². The summed E-state index contributed by atoms with van der Waals surface area (Å²) >= 11 is 13.5. The van der Waals surface area contributed by atoms with Crippen molar-refractivity contribution in [2.75, 3.05) is 6.54 Å². The van der Waals surface area contributed by atoms with Gasteiger partial charge in [-0.2, -0.15) is 0 Å². The second-order valence-electron chi connectivity index (χ2n) is 5.90. The van der Waals surface area contributed by atoms with Crippen LogP contribution in [0.4, 0.5) is 0 Å². The van der Waals surface area contributed by atoms with Crippen molar-refractivity contribution < 1.29 is 4.79 Å². The maximum absolute atomic E-state index is 12.2. The third-order valence-electron chi connectivity index (χ3n) is 3.89. The minimum absolute atomic E-state index is 0.222. The number of nitrogens with one attached hydrogen (secondary N) is 1. The van der Waals surface area contributed by atoms with Gasteiger partial charge in [-0.25, -0.2) is 0 Å². The lowest BCUT2D eigenvalue weighted by Gasteiger charge is -2.07. The van der Waals surface area contributed by atoms with Crippen LogP contribution in [0.25, 0.3) is 0 Å². The summed E-state index contributed by atoms with van der Waals surface area (Å²) in [6.07, 6.45) is 0.579. The van der Waals surface area contributed by atoms with Gasteiger partial charge in [0.25, 0.3) is 5.91 Å². The summed E-state index contributed by atoms with van der Waals surface area (Å²) in [4.78, 5) is 12.2. The van der Waals surface area contributed by atoms with Gasteiger partial charge in [-0.15, -0.1) is 10.2 Å². The summed E-state index contributed by atoms with van der Waals surface area (Å²) in [7, 11) is 1.93. The summed E-state index contributed by atoms with van der Waals surface area (Å²) in [5.41, 5.74) is 1.67. The number of rotatable bonds is 7. The molecule has 0 fully saturated rings. The summed E-state index contributed by atoms with van der Waals surface area (Å²) in [5.74, 6) is 1.43. The predicted octanol–water partition coefficient (Wildman–Crippen LogP) is 4.39. The molecule has 1 N–H and O–H groups in total. The molecule has 0 radical (unpaired) electrons. The van der Waals surface area contributed by atoms with Crippen LogP contribution in [-0.2, 0) is 19.2 Å². The highest BCUT2D eigenvalue weighted by Crippen LogP contribution is 2.21. The average Bonchev–Trinajstić information content (AvgIpc) is 3.00. The summed E-state index contributed by atoms with van der Waals surface area (Å²) in [5, 5.41) is 13.0. The molecule has 0 aliphatic heterocycles. The predicted molar refractivity (Wildman–Crippen MR) is 110 cm³/mol. The molecule has 3 aromatic rings. The lowest BCUT2D eigenvalue weighted by molar-refractivity contribution is 0.0954. The quantitative estimate of drug-likeness (QED) is 0.575. The van der Waals surface area contributed by atoms with Crippen LogP contribution in [0.5, 0.6) is 0 Å². The molecule has 0 atom stereocenters. The number of carbonyl (C=O) groups is 1. The molecule has 2 aromatic carbocycles. The number of thioether (sulfide) groups is 1. The van der Waals surface area contributed by atoms with Crippen molar-refractivity contribution in [1.29, 1.82) is 0 Å². The van der Waals surface area contributed by atoms with Crippen LogP contribution in [0.1, 0.15) is 21.7 Å². The Bertz CT molecular complexity index is 910. The molecule has 27 heavy (non-hydrogen) atoms. The first-order chi connectivity index (χ1) is 13.0. The maximum atomic E-state index is 12.2. The van der Waals surface area contributed by atoms with E-state index in [0.29, 0.717) is 28.6 Å². The van der Waals surface area contributed by atoms with Crippen LogP contribution in [0.15, 0.2) is 53.7 Å². The summed E-state index contributed by atoms with van der Waals surface area (Å²) in [6, 6.07) is 15.0. The Hall–Kier alpha value is -2.02. The highest BCUT2D eigenvalue weighted by molar-refractivity contribution is 7.98. The molecular weight excluding hydrogens is 403 g/mol. The largest absolute Gasteiger partial charge is 0.352 e. The summed E-state index contributed by atoms with van der Waals surface area (Å²) < 4.78 is 1.95. The molecule has 0 aliphatic carbocycles. The van der Waals surface area contributed by atoms with E-state index in [1.807, 2.05) is 29.8 Å². The van der Waals surface area contributed by atoms with E-state index in [-0.39, 0.29) is 5.91 Å². The molecule has 0 spiro atoms. The lowest BCUT2D eigenvalue weighted by Crippen LogP contribution is -2.26. The van der Waals surface area contributed by atoms with Crippen molar-refractivity contribution in [3.05, 3.63) is 75.5 Å². The molecule has 1 amide bonds. The molecule has 3 rings (SSSR count). The van der Waals surface area contributed by atoms with E-state index in [1.165, 1.54) is 5.56 Å². The van der Waals surface area contributed by atoms with Gasteiger partial charge in [0, 0.05) is 41.4 Å². The normalized spacial score (nSPS) is 10.8. The lowest BCUT2D eigenvalue weighted by atomic mass is 10.2. The van der Waals surface area contributed by atoms with E-state index >= 15 is 0 Å². The van der Waals surface area contributed by atoms with Gasteiger partial charge in [0.1, 0.15) is 5.82 Å². The molecule has 0 unspecified atom stereocenters. The number of hydrogen-bond donors (Lipinski definition) is 1. The van der Waals surface area contributed by atoms with E-state index in [1.54, 1.807) is 30.0 Å². The molecule has 0 saturated heterocycles. The Morgan fingerprint density at radius 2 is 1.81 bits per heavy atom. The number of carbonyl (C=O) groups excluding carboxylic acids is 1. The first-order valence-electron chi connectivity index (χ1n) is 8.32. The third kappa shape index (κ3) is 5.48. The van der Waals surface area contributed by atoms with Gasteiger partial charge in [0.05, 0.1) is 0 Å². The monoisotopic (exact) mass is 420 g/mol. The van der Waals surface area contributed by atoms with Gasteiger partial charge < -0.3 is 9.88 Å². The Morgan fingerprint density at radius 1 is 1.11 bits per heavy atom. The van der Waals surface area contributed by atoms with Crippen molar-refractivity contribution in [2.45, 2.75) is 17.3 Å². The Kier molecular flexibility index (Phi) is 6.77. The van der Waals surface area contributed by atoms with Crippen LogP contribution in [0.2, 0.25) is 10.0 Å². The number of benzene rings is 2. The van der Waals surface area contributed by atoms with Crippen LogP contribution in [-0.4, -0.2) is 27.2 Å². The van der Waals surface area contributed by atoms with Crippen molar-refractivity contribution in [3.63, 3.8) is 0 Å². The fourth-order valence-corrected chi connectivity index (χ4v) is 3.90. The number of nitrogens with zero attached hydrogens (tertiary/aromatic N) is 3. The molecule has 0 aliphatic rings. The zero-order valence-corrected chi connectivity index (χ0v) is 17.0. The van der Waals surface area contributed by atoms with Crippen molar-refractivity contribution >= 4 is 40.9 Å². The smallest absolute Gasteiger partial charge is 0.251 e. The molecule has 1 heterocycles. The fraction of sp³-hybridized carbons (Fsp3) is 0.211. The zero-order valence-electron chi connectivity index (χ0n) is 14.7. The molecule has 8 heteroatoms. The number of hydrogen-bond acceptors (Lipinski definition) is 4. The van der Waals surface area contributed by atoms with Crippen molar-refractivity contribution in [1.82, 2.24) is 20.1 Å². The average molecular weight is 421 g/mol. The van der Waals surface area contributed by atoms with E-state index in [4.69, 9.17) is 23.2 Å². The van der Waals surface area contributed by atoms with Crippen LogP contribution in [0.3, 0.4) is 0 Å². The topological polar surface area (TPSA) is 59.8 Å². The van der Waals surface area contributed by atoms with Crippen LogP contribution < -0.4 is 5.32 Å². The van der Waals surface area contributed by atoms with Gasteiger partial charge >= 0.3 is 0 Å². The second-order valence-corrected chi connectivity index (χ2v) is 7.71.